The molecule has 0 unspecified atom stereocenters. The third-order valence-corrected chi connectivity index (χ3v) is 14.5. The lowest BCUT2D eigenvalue weighted by Gasteiger charge is -2.38. The Morgan fingerprint density at radius 2 is 1.49 bits per heavy atom. The molecule has 0 saturated heterocycles. The second-order valence-electron chi connectivity index (χ2n) is 17.1. The lowest BCUT2D eigenvalue weighted by molar-refractivity contribution is -0.181. The maximum absolute atomic E-state index is 13.6. The molecule has 3 heterocycles. The van der Waals surface area contributed by atoms with Crippen molar-refractivity contribution in [2.24, 2.45) is 0 Å². The molecule has 0 atom stereocenters. The molecule has 0 bridgehead atoms. The van der Waals surface area contributed by atoms with Gasteiger partial charge in [0, 0.05) is 66.8 Å². The van der Waals surface area contributed by atoms with Crippen LogP contribution in [0.1, 0.15) is 37.3 Å². The molecule has 3 aromatic heterocycles. The van der Waals surface area contributed by atoms with Crippen molar-refractivity contribution in [2.45, 2.75) is 93.5 Å². The summed E-state index contributed by atoms with van der Waals surface area (Å²) in [4.78, 5) is 22.3. The summed E-state index contributed by atoms with van der Waals surface area (Å²) < 4.78 is 39.2. The fourth-order valence-corrected chi connectivity index (χ4v) is 9.15. The number of esters is 1. The van der Waals surface area contributed by atoms with Crippen LogP contribution >= 0.6 is 11.8 Å². The quantitative estimate of drug-likeness (QED) is 0.0237. The maximum Gasteiger partial charge on any atom is 0.338 e. The maximum atomic E-state index is 13.6. The zero-order chi connectivity index (χ0) is 41.1. The number of thioether (sulfide) groups is 1. The summed E-state index contributed by atoms with van der Waals surface area (Å²) >= 11 is 1.66. The van der Waals surface area contributed by atoms with Crippen molar-refractivity contribution in [2.75, 3.05) is 78.5 Å². The van der Waals surface area contributed by atoms with E-state index in [4.69, 9.17) is 43.6 Å². The first-order valence-corrected chi connectivity index (χ1v) is 28.7. The van der Waals surface area contributed by atoms with Crippen molar-refractivity contribution in [1.82, 2.24) is 24.4 Å². The highest BCUT2D eigenvalue weighted by Gasteiger charge is 2.45. The highest BCUT2D eigenvalue weighted by Crippen LogP contribution is 2.45. The minimum absolute atomic E-state index is 0.0411. The Kier molecular flexibility index (Phi) is 16.4. The van der Waals surface area contributed by atoms with Crippen LogP contribution in [0.25, 0.3) is 22.5 Å². The van der Waals surface area contributed by atoms with Crippen molar-refractivity contribution < 1.29 is 33.2 Å². The predicted octanol–water partition coefficient (Wildman–Crippen LogP) is 7.98. The van der Waals surface area contributed by atoms with E-state index >= 15 is 0 Å². The molecule has 5 rings (SSSR count). The van der Waals surface area contributed by atoms with E-state index in [1.165, 1.54) is 0 Å². The van der Waals surface area contributed by atoms with Crippen LogP contribution in [0, 0.1) is 0 Å². The van der Waals surface area contributed by atoms with E-state index in [0.717, 1.165) is 51.0 Å². The molecule has 0 radical (unpaired) electrons. The summed E-state index contributed by atoms with van der Waals surface area (Å²) in [5.74, 6) is 0.575. The first-order valence-electron chi connectivity index (χ1n) is 20.0. The summed E-state index contributed by atoms with van der Waals surface area (Å²) in [6.45, 7) is 17.4. The standard InChI is InChI=1S/C41H64N6O7SSi2/c1-49-19-21-53-40(48)41(54-22-20-50-2)17-15-32(16-18-41)36-37(55-3)39(45(30-51-23-25-56(4,5)6)31-52-24-26-57(7,8)9)47-38(44-36)35(28-43-47)33-27-42-46(29-33)34-13-11-10-12-14-34/h10-14,27-29,32H,15-26,30-31H2,1-9H3. The number of anilines is 1. The molecule has 13 nitrogen and oxygen atoms in total. The molecule has 16 heteroatoms. The normalized spacial score (nSPS) is 17.7. The number of hydrogen-bond donors (Lipinski definition) is 0. The van der Waals surface area contributed by atoms with Crippen LogP contribution in [-0.4, -0.2) is 126 Å². The Hall–Kier alpha value is -3.10. The second-order valence-corrected chi connectivity index (χ2v) is 29.2. The van der Waals surface area contributed by atoms with Crippen molar-refractivity contribution in [3.05, 3.63) is 54.6 Å². The van der Waals surface area contributed by atoms with Crippen molar-refractivity contribution in [3.63, 3.8) is 0 Å². The van der Waals surface area contributed by atoms with Gasteiger partial charge in [0.2, 0.25) is 0 Å². The Balaban J connectivity index is 1.57. The van der Waals surface area contributed by atoms with Crippen LogP contribution in [0.15, 0.2) is 53.8 Å². The molecule has 4 aromatic rings. The molecule has 1 fully saturated rings. The van der Waals surface area contributed by atoms with E-state index in [0.29, 0.717) is 72.2 Å². The number of ether oxygens (including phenoxy) is 6. The van der Waals surface area contributed by atoms with Gasteiger partial charge >= 0.3 is 5.97 Å². The summed E-state index contributed by atoms with van der Waals surface area (Å²) in [6.07, 6.45) is 10.2. The lowest BCUT2D eigenvalue weighted by atomic mass is 9.77. The van der Waals surface area contributed by atoms with E-state index in [2.05, 4.69) is 50.4 Å². The number of para-hydroxylation sites is 1. The Morgan fingerprint density at radius 1 is 0.860 bits per heavy atom. The van der Waals surface area contributed by atoms with Gasteiger partial charge in [-0.15, -0.1) is 11.8 Å². The van der Waals surface area contributed by atoms with Crippen LogP contribution < -0.4 is 4.90 Å². The number of carbonyl (C=O) groups excluding carboxylic acids is 1. The van der Waals surface area contributed by atoms with E-state index in [1.54, 1.807) is 26.0 Å². The number of benzene rings is 1. The summed E-state index contributed by atoms with van der Waals surface area (Å²) in [5.41, 5.74) is 3.38. The van der Waals surface area contributed by atoms with Crippen LogP contribution in [0.4, 0.5) is 5.82 Å². The molecule has 1 aliphatic rings. The third kappa shape index (κ3) is 12.2. The molecule has 0 amide bonds. The van der Waals surface area contributed by atoms with E-state index in [9.17, 15) is 4.79 Å². The second kappa shape index (κ2) is 20.7. The zero-order valence-electron chi connectivity index (χ0n) is 35.5. The highest BCUT2D eigenvalue weighted by atomic mass is 32.2. The smallest absolute Gasteiger partial charge is 0.338 e. The van der Waals surface area contributed by atoms with Gasteiger partial charge in [-0.1, -0.05) is 57.5 Å². The van der Waals surface area contributed by atoms with Gasteiger partial charge in [0.1, 0.15) is 20.1 Å². The SMILES string of the molecule is COCCOC(=O)C1(OCCOC)CCC(c2nc3c(-c4cnn(-c5ccccc5)c4)cnn3c(N(COCC[Si](C)(C)C)COCC[Si](C)(C)C)c2SC)CC1. The fourth-order valence-electron chi connectivity index (χ4n) is 6.82. The van der Waals surface area contributed by atoms with Crippen molar-refractivity contribution >= 4 is 45.3 Å². The Bertz CT molecular complexity index is 1830. The number of fused-ring (bicyclic) bond motifs is 1. The minimum Gasteiger partial charge on any atom is -0.461 e. The summed E-state index contributed by atoms with van der Waals surface area (Å²) in [6, 6.07) is 12.2. The van der Waals surface area contributed by atoms with Gasteiger partial charge in [-0.3, -0.25) is 0 Å². The first kappa shape index (κ1) is 45.0. The van der Waals surface area contributed by atoms with E-state index in [1.807, 2.05) is 58.1 Å². The number of aromatic nitrogens is 5. The van der Waals surface area contributed by atoms with Gasteiger partial charge in [-0.05, 0) is 56.2 Å². The first-order chi connectivity index (χ1) is 27.3. The zero-order valence-corrected chi connectivity index (χ0v) is 38.4. The van der Waals surface area contributed by atoms with Gasteiger partial charge in [-0.25, -0.2) is 14.5 Å². The number of nitrogens with zero attached hydrogens (tertiary/aromatic N) is 6. The highest BCUT2D eigenvalue weighted by molar-refractivity contribution is 7.98. The predicted molar refractivity (Wildman–Crippen MR) is 232 cm³/mol. The van der Waals surface area contributed by atoms with Gasteiger partial charge in [-0.2, -0.15) is 14.7 Å². The average molecular weight is 841 g/mol. The topological polar surface area (TPSA) is 124 Å². The molecule has 1 aliphatic carbocycles. The van der Waals surface area contributed by atoms with Gasteiger partial charge < -0.3 is 33.3 Å². The number of methoxy groups -OCH3 is 2. The largest absolute Gasteiger partial charge is 0.461 e. The van der Waals surface area contributed by atoms with Crippen LogP contribution in [0.3, 0.4) is 0 Å². The van der Waals surface area contributed by atoms with E-state index in [-0.39, 0.29) is 18.5 Å². The molecule has 314 valence electrons. The third-order valence-electron chi connectivity index (χ3n) is 10.2. The molecule has 0 spiro atoms. The molecule has 1 aromatic carbocycles. The monoisotopic (exact) mass is 840 g/mol. The van der Waals surface area contributed by atoms with Crippen LogP contribution in [0.2, 0.25) is 51.4 Å². The molecular formula is C41H64N6O7SSi2. The van der Waals surface area contributed by atoms with Gasteiger partial charge in [0.15, 0.2) is 17.1 Å². The summed E-state index contributed by atoms with van der Waals surface area (Å²) in [7, 11) is 0.583. The summed E-state index contributed by atoms with van der Waals surface area (Å²) in [5, 5.41) is 9.72. The lowest BCUT2D eigenvalue weighted by Crippen LogP contribution is -2.46. The number of hydrogen-bond acceptors (Lipinski definition) is 12. The Labute approximate surface area is 345 Å². The van der Waals surface area contributed by atoms with Crippen molar-refractivity contribution in [3.8, 4) is 16.8 Å². The molecule has 0 aliphatic heterocycles. The molecule has 1 saturated carbocycles. The molecular weight excluding hydrogens is 777 g/mol. The Morgan fingerprint density at radius 3 is 2.09 bits per heavy atom. The molecule has 0 N–H and O–H groups in total. The van der Waals surface area contributed by atoms with Gasteiger partial charge in [0.25, 0.3) is 0 Å². The average Bonchev–Trinajstić information content (AvgIpc) is 3.84. The van der Waals surface area contributed by atoms with Crippen LogP contribution in [-0.2, 0) is 33.2 Å². The minimum atomic E-state index is -1.32. The number of carbonyl (C=O) groups is 1. The van der Waals surface area contributed by atoms with E-state index < -0.39 is 21.7 Å². The fraction of sp³-hybridized carbons (Fsp3) is 0.610. The van der Waals surface area contributed by atoms with Crippen molar-refractivity contribution in [1.29, 1.82) is 0 Å². The van der Waals surface area contributed by atoms with Gasteiger partial charge in [0.05, 0.1) is 48.5 Å². The number of rotatable bonds is 23. The molecule has 57 heavy (non-hydrogen) atoms. The van der Waals surface area contributed by atoms with Crippen LogP contribution in [0.5, 0.6) is 0 Å².